The van der Waals surface area contributed by atoms with Crippen molar-refractivity contribution in [1.82, 2.24) is 0 Å². The molecule has 80 valence electrons. The molecule has 0 spiro atoms. The van der Waals surface area contributed by atoms with Gasteiger partial charge in [-0.05, 0) is 18.4 Å². The van der Waals surface area contributed by atoms with Crippen LogP contribution in [-0.4, -0.2) is 11.1 Å². The molecule has 1 aromatic carbocycles. The number of carbonyl (C=O) groups is 1. The Hall–Kier alpha value is -0.610. The summed E-state index contributed by atoms with van der Waals surface area (Å²) in [5.41, 5.74) is 1.32. The molecule has 4 heteroatoms. The molecule has 1 heterocycles. The van der Waals surface area contributed by atoms with E-state index in [9.17, 15) is 4.79 Å². The molecular formula is C12H13NaO2S. The van der Waals surface area contributed by atoms with Crippen molar-refractivity contribution < 1.29 is 40.9 Å². The summed E-state index contributed by atoms with van der Waals surface area (Å²) < 4.78 is 0. The maximum absolute atomic E-state index is 10.1. The fourth-order valence-electron chi connectivity index (χ4n) is 0.935. The van der Waals surface area contributed by atoms with Crippen molar-refractivity contribution in [2.24, 2.45) is 0 Å². The van der Waals surface area contributed by atoms with Crippen molar-refractivity contribution in [1.29, 1.82) is 0 Å². The van der Waals surface area contributed by atoms with Crippen LogP contribution in [0, 0.1) is 6.92 Å². The molecule has 0 atom stereocenters. The summed E-state index contributed by atoms with van der Waals surface area (Å²) in [5.74, 6) is -0.847. The van der Waals surface area contributed by atoms with Crippen molar-refractivity contribution in [3.63, 3.8) is 0 Å². The van der Waals surface area contributed by atoms with E-state index < -0.39 is 5.97 Å². The first-order valence-electron chi connectivity index (χ1n) is 4.48. The standard InChI is InChI=1S/C7H8.C5H4O2S.Na.H/c1-7-5-3-2-4-6-7;6-5(7)4-2-1-3-8-4;;/h2-6H,1H3;1-3H,(H,6,7);;/q;;+1;-1. The van der Waals surface area contributed by atoms with E-state index in [1.165, 1.54) is 16.9 Å². The number of hydrogen-bond donors (Lipinski definition) is 1. The van der Waals surface area contributed by atoms with E-state index in [0.29, 0.717) is 4.88 Å². The molecule has 0 fully saturated rings. The summed E-state index contributed by atoms with van der Waals surface area (Å²) in [6, 6.07) is 13.6. The average molecular weight is 244 g/mol. The SMILES string of the molecule is Cc1ccccc1.O=C(O)c1cccs1.[H-].[Na+]. The van der Waals surface area contributed by atoms with Crippen molar-refractivity contribution in [2.75, 3.05) is 0 Å². The van der Waals surface area contributed by atoms with Crippen LogP contribution in [-0.2, 0) is 0 Å². The predicted molar refractivity (Wildman–Crippen MR) is 63.6 cm³/mol. The number of aryl methyl sites for hydroxylation is 1. The Morgan fingerprint density at radius 1 is 1.19 bits per heavy atom. The molecule has 0 aliphatic rings. The van der Waals surface area contributed by atoms with Gasteiger partial charge in [0.1, 0.15) is 4.88 Å². The fraction of sp³-hybridized carbons (Fsp3) is 0.0833. The number of rotatable bonds is 1. The van der Waals surface area contributed by atoms with Crippen molar-refractivity contribution in [3.05, 3.63) is 58.3 Å². The Morgan fingerprint density at radius 2 is 1.81 bits per heavy atom. The molecule has 0 saturated heterocycles. The number of aromatic carboxylic acids is 1. The zero-order valence-corrected chi connectivity index (χ0v) is 12.2. The van der Waals surface area contributed by atoms with Gasteiger partial charge in [0, 0.05) is 0 Å². The Labute approximate surface area is 123 Å². The Kier molecular flexibility index (Phi) is 8.21. The second kappa shape index (κ2) is 8.53. The normalized spacial score (nSPS) is 8.31. The summed E-state index contributed by atoms with van der Waals surface area (Å²) in [6.45, 7) is 2.08. The minimum atomic E-state index is -0.847. The molecule has 0 bridgehead atoms. The number of thiophene rings is 1. The molecule has 2 rings (SSSR count). The molecule has 2 aromatic rings. The Bertz CT molecular complexity index is 404. The summed E-state index contributed by atoms with van der Waals surface area (Å²) in [5, 5.41) is 10.0. The van der Waals surface area contributed by atoms with Crippen LogP contribution in [0.25, 0.3) is 0 Å². The predicted octanol–water partition coefficient (Wildman–Crippen LogP) is 0.558. The van der Waals surface area contributed by atoms with Crippen LogP contribution in [0.1, 0.15) is 16.7 Å². The molecule has 1 aromatic heterocycles. The van der Waals surface area contributed by atoms with Gasteiger partial charge in [-0.15, -0.1) is 11.3 Å². The molecule has 0 unspecified atom stereocenters. The molecular weight excluding hydrogens is 231 g/mol. The Balaban J connectivity index is 0. The van der Waals surface area contributed by atoms with E-state index >= 15 is 0 Å². The summed E-state index contributed by atoms with van der Waals surface area (Å²) >= 11 is 1.23. The van der Waals surface area contributed by atoms with Gasteiger partial charge in [-0.1, -0.05) is 42.0 Å². The van der Waals surface area contributed by atoms with E-state index in [1.807, 2.05) is 18.2 Å². The third-order valence-corrected chi connectivity index (χ3v) is 2.53. The first-order chi connectivity index (χ1) is 7.20. The van der Waals surface area contributed by atoms with Gasteiger partial charge in [0.05, 0.1) is 0 Å². The van der Waals surface area contributed by atoms with Crippen LogP contribution in [0.4, 0.5) is 0 Å². The molecule has 0 aliphatic carbocycles. The molecule has 1 N–H and O–H groups in total. The topological polar surface area (TPSA) is 37.3 Å². The van der Waals surface area contributed by atoms with Crippen molar-refractivity contribution >= 4 is 17.3 Å². The maximum Gasteiger partial charge on any atom is 1.00 e. The van der Waals surface area contributed by atoms with Crippen LogP contribution in [0.15, 0.2) is 47.8 Å². The number of carboxylic acid groups (broad SMARTS) is 1. The second-order valence-electron chi connectivity index (χ2n) is 2.94. The molecule has 0 radical (unpaired) electrons. The van der Waals surface area contributed by atoms with E-state index in [-0.39, 0.29) is 31.0 Å². The van der Waals surface area contributed by atoms with Crippen LogP contribution in [0.5, 0.6) is 0 Å². The van der Waals surface area contributed by atoms with E-state index in [1.54, 1.807) is 17.5 Å². The van der Waals surface area contributed by atoms with Crippen LogP contribution in [0.2, 0.25) is 0 Å². The monoisotopic (exact) mass is 244 g/mol. The van der Waals surface area contributed by atoms with Gasteiger partial charge in [-0.25, -0.2) is 4.79 Å². The smallest absolute Gasteiger partial charge is 1.00 e. The largest absolute Gasteiger partial charge is 1.00 e. The van der Waals surface area contributed by atoms with Crippen LogP contribution >= 0.6 is 11.3 Å². The summed E-state index contributed by atoms with van der Waals surface area (Å²) in [6.07, 6.45) is 0. The second-order valence-corrected chi connectivity index (χ2v) is 3.88. The minimum absolute atomic E-state index is 0. The first kappa shape index (κ1) is 15.4. The van der Waals surface area contributed by atoms with Gasteiger partial charge in [0.15, 0.2) is 0 Å². The number of benzene rings is 1. The van der Waals surface area contributed by atoms with Gasteiger partial charge < -0.3 is 6.53 Å². The molecule has 0 amide bonds. The quantitative estimate of drug-likeness (QED) is 0.744. The van der Waals surface area contributed by atoms with Crippen molar-refractivity contribution in [3.8, 4) is 0 Å². The fourth-order valence-corrected chi connectivity index (χ4v) is 1.50. The van der Waals surface area contributed by atoms with E-state index in [0.717, 1.165) is 0 Å². The Morgan fingerprint density at radius 3 is 2.06 bits per heavy atom. The summed E-state index contributed by atoms with van der Waals surface area (Å²) in [4.78, 5) is 10.5. The molecule has 16 heavy (non-hydrogen) atoms. The third-order valence-electron chi connectivity index (χ3n) is 1.67. The zero-order valence-electron chi connectivity index (χ0n) is 10.4. The van der Waals surface area contributed by atoms with E-state index in [2.05, 4.69) is 19.1 Å². The minimum Gasteiger partial charge on any atom is -1.00 e. The number of hydrogen-bond acceptors (Lipinski definition) is 2. The van der Waals surface area contributed by atoms with Gasteiger partial charge in [-0.3, -0.25) is 0 Å². The summed E-state index contributed by atoms with van der Waals surface area (Å²) in [7, 11) is 0. The van der Waals surface area contributed by atoms with Gasteiger partial charge in [-0.2, -0.15) is 0 Å². The molecule has 0 saturated carbocycles. The van der Waals surface area contributed by atoms with Gasteiger partial charge >= 0.3 is 35.5 Å². The third kappa shape index (κ3) is 6.08. The number of carboxylic acids is 1. The van der Waals surface area contributed by atoms with Gasteiger partial charge in [0.25, 0.3) is 0 Å². The first-order valence-corrected chi connectivity index (χ1v) is 5.36. The zero-order chi connectivity index (χ0) is 11.1. The van der Waals surface area contributed by atoms with Crippen molar-refractivity contribution in [2.45, 2.75) is 6.92 Å². The molecule has 0 aliphatic heterocycles. The van der Waals surface area contributed by atoms with Gasteiger partial charge in [0.2, 0.25) is 0 Å². The molecule has 2 nitrogen and oxygen atoms in total. The van der Waals surface area contributed by atoms with Crippen LogP contribution < -0.4 is 29.6 Å². The maximum atomic E-state index is 10.1. The average Bonchev–Trinajstić information content (AvgIpc) is 2.72. The van der Waals surface area contributed by atoms with E-state index in [4.69, 9.17) is 5.11 Å². The van der Waals surface area contributed by atoms with Crippen LogP contribution in [0.3, 0.4) is 0 Å².